The van der Waals surface area contributed by atoms with Gasteiger partial charge in [0.2, 0.25) is 5.75 Å². The third-order valence-corrected chi connectivity index (χ3v) is 5.09. The standard InChI is InChI=1S/C19H20N4O5S/c1-26-16-8-13(9-17(27-2)19(16)28-3)15(24)11-22-10-14(20-21-22)12-29-18-6-4-5-7-23(18)25/h4-10H,11-12H2,1-3H3. The average molecular weight is 416 g/mol. The van der Waals surface area contributed by atoms with Gasteiger partial charge in [-0.05, 0) is 30.0 Å². The first-order chi connectivity index (χ1) is 14.0. The Morgan fingerprint density at radius 2 is 1.90 bits per heavy atom. The van der Waals surface area contributed by atoms with Gasteiger partial charge in [0, 0.05) is 29.6 Å². The lowest BCUT2D eigenvalue weighted by Gasteiger charge is -2.13. The van der Waals surface area contributed by atoms with Gasteiger partial charge in [-0.15, -0.1) is 5.10 Å². The Morgan fingerprint density at radius 1 is 1.17 bits per heavy atom. The van der Waals surface area contributed by atoms with Crippen molar-refractivity contribution in [3.8, 4) is 17.2 Å². The molecule has 2 heterocycles. The molecule has 2 aromatic heterocycles. The summed E-state index contributed by atoms with van der Waals surface area (Å²) < 4.78 is 18.1. The molecule has 9 nitrogen and oxygen atoms in total. The summed E-state index contributed by atoms with van der Waals surface area (Å²) >= 11 is 1.35. The van der Waals surface area contributed by atoms with Gasteiger partial charge < -0.3 is 19.4 Å². The number of aromatic nitrogens is 4. The molecule has 0 N–H and O–H groups in total. The van der Waals surface area contributed by atoms with Crippen molar-refractivity contribution in [2.24, 2.45) is 0 Å². The Bertz CT molecular complexity index is 983. The van der Waals surface area contributed by atoms with Crippen molar-refractivity contribution in [3.05, 3.63) is 59.2 Å². The number of Topliss-reactive ketones (excluding diaryl/α,β-unsaturated/α-hetero) is 1. The van der Waals surface area contributed by atoms with Crippen LogP contribution in [0.3, 0.4) is 0 Å². The topological polar surface area (TPSA) is 102 Å². The summed E-state index contributed by atoms with van der Waals surface area (Å²) in [7, 11) is 4.48. The summed E-state index contributed by atoms with van der Waals surface area (Å²) in [6.45, 7) is 0.00317. The fourth-order valence-electron chi connectivity index (χ4n) is 2.63. The summed E-state index contributed by atoms with van der Waals surface area (Å²) in [4.78, 5) is 12.7. The van der Waals surface area contributed by atoms with E-state index < -0.39 is 0 Å². The average Bonchev–Trinajstić information content (AvgIpc) is 3.19. The maximum Gasteiger partial charge on any atom is 0.251 e. The first-order valence-electron chi connectivity index (χ1n) is 8.59. The monoisotopic (exact) mass is 416 g/mol. The van der Waals surface area contributed by atoms with Crippen LogP contribution in [0.15, 0.2) is 47.8 Å². The van der Waals surface area contributed by atoms with Crippen molar-refractivity contribution in [1.82, 2.24) is 15.0 Å². The van der Waals surface area contributed by atoms with Crippen molar-refractivity contribution >= 4 is 17.5 Å². The van der Waals surface area contributed by atoms with E-state index in [1.165, 1.54) is 44.0 Å². The van der Waals surface area contributed by atoms with Crippen LogP contribution in [0.2, 0.25) is 0 Å². The smallest absolute Gasteiger partial charge is 0.251 e. The van der Waals surface area contributed by atoms with E-state index in [4.69, 9.17) is 14.2 Å². The van der Waals surface area contributed by atoms with Crippen LogP contribution in [0.1, 0.15) is 16.1 Å². The molecule has 0 fully saturated rings. The number of pyridine rings is 1. The summed E-state index contributed by atoms with van der Waals surface area (Å²) in [5.41, 5.74) is 1.07. The second-order valence-electron chi connectivity index (χ2n) is 5.90. The van der Waals surface area contributed by atoms with E-state index in [0.29, 0.717) is 39.3 Å². The van der Waals surface area contributed by atoms with E-state index in [1.807, 2.05) is 0 Å². The summed E-state index contributed by atoms with van der Waals surface area (Å²) in [5.74, 6) is 1.50. The van der Waals surface area contributed by atoms with E-state index >= 15 is 0 Å². The molecule has 3 rings (SSSR count). The lowest BCUT2D eigenvalue weighted by atomic mass is 10.1. The Morgan fingerprint density at radius 3 is 2.52 bits per heavy atom. The fourth-order valence-corrected chi connectivity index (χ4v) is 3.43. The zero-order chi connectivity index (χ0) is 20.8. The molecular weight excluding hydrogens is 396 g/mol. The van der Waals surface area contributed by atoms with Gasteiger partial charge in [0.1, 0.15) is 6.54 Å². The van der Waals surface area contributed by atoms with Gasteiger partial charge in [0.25, 0.3) is 5.03 Å². The van der Waals surface area contributed by atoms with Gasteiger partial charge in [-0.3, -0.25) is 4.79 Å². The molecule has 0 aliphatic rings. The molecule has 0 amide bonds. The first-order valence-corrected chi connectivity index (χ1v) is 9.57. The van der Waals surface area contributed by atoms with Crippen molar-refractivity contribution in [2.45, 2.75) is 17.3 Å². The Hall–Kier alpha value is -3.27. The van der Waals surface area contributed by atoms with E-state index in [-0.39, 0.29) is 12.3 Å². The van der Waals surface area contributed by atoms with Crippen LogP contribution in [0.5, 0.6) is 17.2 Å². The van der Waals surface area contributed by atoms with Gasteiger partial charge in [0.15, 0.2) is 23.5 Å². The third-order valence-electron chi connectivity index (χ3n) is 4.03. The fraction of sp³-hybridized carbons (Fsp3) is 0.263. The zero-order valence-corrected chi connectivity index (χ0v) is 17.0. The number of thioether (sulfide) groups is 1. The number of ether oxygens (including phenoxy) is 3. The van der Waals surface area contributed by atoms with Crippen molar-refractivity contribution in [1.29, 1.82) is 0 Å². The molecule has 0 unspecified atom stereocenters. The third kappa shape index (κ3) is 4.77. The Balaban J connectivity index is 1.69. The molecule has 0 bridgehead atoms. The minimum Gasteiger partial charge on any atom is -0.618 e. The van der Waals surface area contributed by atoms with E-state index in [0.717, 1.165) is 4.73 Å². The highest BCUT2D eigenvalue weighted by molar-refractivity contribution is 7.98. The molecule has 0 aliphatic carbocycles. The molecular formula is C19H20N4O5S. The maximum atomic E-state index is 12.7. The van der Waals surface area contributed by atoms with Gasteiger partial charge in [0.05, 0.1) is 27.0 Å². The lowest BCUT2D eigenvalue weighted by Crippen LogP contribution is -2.27. The SMILES string of the molecule is COc1cc(C(=O)Cn2cc(CSc3cccc[n+]3[O-])nn2)cc(OC)c1OC. The normalized spacial score (nSPS) is 10.6. The lowest BCUT2D eigenvalue weighted by molar-refractivity contribution is -0.645. The number of rotatable bonds is 9. The van der Waals surface area contributed by atoms with E-state index in [9.17, 15) is 10.0 Å². The molecule has 0 aliphatic heterocycles. The van der Waals surface area contributed by atoms with Crippen LogP contribution in [-0.2, 0) is 12.3 Å². The quantitative estimate of drug-likeness (QED) is 0.226. The minimum atomic E-state index is -0.186. The highest BCUT2D eigenvalue weighted by Gasteiger charge is 2.18. The largest absolute Gasteiger partial charge is 0.618 e. The second-order valence-corrected chi connectivity index (χ2v) is 6.89. The first kappa shape index (κ1) is 20.5. The molecule has 0 atom stereocenters. The molecule has 10 heteroatoms. The van der Waals surface area contributed by atoms with Crippen LogP contribution < -0.4 is 18.9 Å². The number of benzene rings is 1. The minimum absolute atomic E-state index is 0.00317. The molecule has 0 saturated carbocycles. The van der Waals surface area contributed by atoms with E-state index in [1.54, 1.807) is 36.5 Å². The number of carbonyl (C=O) groups is 1. The van der Waals surface area contributed by atoms with Crippen LogP contribution in [0.25, 0.3) is 0 Å². The summed E-state index contributed by atoms with van der Waals surface area (Å²) in [6.07, 6.45) is 3.12. The second kappa shape index (κ2) is 9.28. The molecule has 152 valence electrons. The number of ketones is 1. The number of hydrogen-bond donors (Lipinski definition) is 0. The van der Waals surface area contributed by atoms with Crippen molar-refractivity contribution in [2.75, 3.05) is 21.3 Å². The molecule has 0 saturated heterocycles. The van der Waals surface area contributed by atoms with Crippen LogP contribution in [0.4, 0.5) is 0 Å². The molecule has 29 heavy (non-hydrogen) atoms. The molecule has 0 radical (unpaired) electrons. The number of hydrogen-bond acceptors (Lipinski definition) is 8. The highest BCUT2D eigenvalue weighted by Crippen LogP contribution is 2.38. The molecule has 0 spiro atoms. The van der Waals surface area contributed by atoms with Gasteiger partial charge in [-0.25, -0.2) is 4.68 Å². The number of carbonyl (C=O) groups excluding carboxylic acids is 1. The summed E-state index contributed by atoms with van der Waals surface area (Å²) in [5, 5.41) is 20.3. The van der Waals surface area contributed by atoms with E-state index in [2.05, 4.69) is 10.3 Å². The highest BCUT2D eigenvalue weighted by atomic mass is 32.2. The predicted octanol–water partition coefficient (Wildman–Crippen LogP) is 2.11. The maximum absolute atomic E-state index is 12.7. The Kier molecular flexibility index (Phi) is 6.55. The van der Waals surface area contributed by atoms with Crippen molar-refractivity contribution < 1.29 is 23.7 Å². The van der Waals surface area contributed by atoms with Gasteiger partial charge in [-0.1, -0.05) is 5.21 Å². The zero-order valence-electron chi connectivity index (χ0n) is 16.2. The molecule has 1 aromatic carbocycles. The van der Waals surface area contributed by atoms with Crippen LogP contribution >= 0.6 is 11.8 Å². The van der Waals surface area contributed by atoms with Gasteiger partial charge in [-0.2, -0.15) is 4.73 Å². The predicted molar refractivity (Wildman–Crippen MR) is 105 cm³/mol. The van der Waals surface area contributed by atoms with Crippen LogP contribution in [-0.4, -0.2) is 42.1 Å². The Labute approximate surface area is 171 Å². The number of methoxy groups -OCH3 is 3. The van der Waals surface area contributed by atoms with Gasteiger partial charge >= 0.3 is 0 Å². The number of nitrogens with zero attached hydrogens (tertiary/aromatic N) is 4. The molecule has 3 aromatic rings. The summed E-state index contributed by atoms with van der Waals surface area (Å²) in [6, 6.07) is 8.39. The van der Waals surface area contributed by atoms with Crippen LogP contribution in [0, 0.1) is 5.21 Å². The van der Waals surface area contributed by atoms with Crippen molar-refractivity contribution in [3.63, 3.8) is 0 Å².